The van der Waals surface area contributed by atoms with E-state index < -0.39 is 24.4 Å². The third kappa shape index (κ3) is 6.35. The minimum absolute atomic E-state index is 0.0499. The van der Waals surface area contributed by atoms with E-state index in [9.17, 15) is 14.4 Å². The number of anilines is 2. The van der Waals surface area contributed by atoms with Crippen molar-refractivity contribution in [2.75, 3.05) is 37.4 Å². The van der Waals surface area contributed by atoms with Crippen LogP contribution in [0, 0.1) is 0 Å². The number of aliphatic imine (C=N–C) groups is 1. The first-order valence-electron chi connectivity index (χ1n) is 11.0. The van der Waals surface area contributed by atoms with Gasteiger partial charge in [-0.05, 0) is 30.3 Å². The zero-order valence-electron chi connectivity index (χ0n) is 19.5. The lowest BCUT2D eigenvalue weighted by molar-refractivity contribution is -0.139. The van der Waals surface area contributed by atoms with Gasteiger partial charge in [0.05, 0.1) is 22.8 Å². The molecule has 3 aromatic rings. The average Bonchev–Trinajstić information content (AvgIpc) is 3.30. The molecule has 2 amide bonds. The van der Waals surface area contributed by atoms with Crippen molar-refractivity contribution in [2.45, 2.75) is 0 Å². The van der Waals surface area contributed by atoms with Gasteiger partial charge in [0, 0.05) is 42.0 Å². The third-order valence-electron chi connectivity index (χ3n) is 5.33. The highest BCUT2D eigenvalue weighted by atomic mass is 35.5. The summed E-state index contributed by atoms with van der Waals surface area (Å²) in [5, 5.41) is 14.8. The maximum Gasteiger partial charge on any atom is 0.341 e. The molecule has 0 unspecified atom stereocenters. The predicted molar refractivity (Wildman–Crippen MR) is 140 cm³/mol. The number of aromatic nitrogens is 1. The molecule has 3 N–H and O–H groups in total. The summed E-state index contributed by atoms with van der Waals surface area (Å²) in [6.07, 6.45) is 1.36. The molecule has 0 fully saturated rings. The number of carboxylic acids is 1. The summed E-state index contributed by atoms with van der Waals surface area (Å²) in [5.74, 6) is -1.50. The Morgan fingerprint density at radius 2 is 1.78 bits per heavy atom. The van der Waals surface area contributed by atoms with Gasteiger partial charge in [0.25, 0.3) is 11.8 Å². The second-order valence-corrected chi connectivity index (χ2v) is 8.86. The smallest absolute Gasteiger partial charge is 0.341 e. The highest BCUT2D eigenvalue weighted by molar-refractivity contribution is 6.32. The summed E-state index contributed by atoms with van der Waals surface area (Å²) in [4.78, 5) is 47.9. The fourth-order valence-electron chi connectivity index (χ4n) is 3.58. The fraction of sp³-hybridized carbons (Fsp3) is 0.160. The van der Waals surface area contributed by atoms with Crippen molar-refractivity contribution >= 4 is 58.3 Å². The van der Waals surface area contributed by atoms with Gasteiger partial charge in [-0.1, -0.05) is 35.3 Å². The third-order valence-corrected chi connectivity index (χ3v) is 5.78. The number of rotatable bonds is 8. The second kappa shape index (κ2) is 11.3. The van der Waals surface area contributed by atoms with E-state index in [1.807, 2.05) is 11.9 Å². The topological polar surface area (TPSA) is 133 Å². The second-order valence-electron chi connectivity index (χ2n) is 7.98. The van der Waals surface area contributed by atoms with Gasteiger partial charge in [-0.25, -0.2) is 9.78 Å². The average molecular weight is 542 g/mol. The van der Waals surface area contributed by atoms with E-state index >= 15 is 0 Å². The lowest BCUT2D eigenvalue weighted by Crippen LogP contribution is -2.23. The first kappa shape index (κ1) is 25.9. The summed E-state index contributed by atoms with van der Waals surface area (Å²) in [6.45, 7) is 0.817. The standard InChI is InChI=1S/C25H21Cl2N5O5/c1-32-9-8-28-23(32)14-2-4-15(5-3-14)24(35)31-22-18(10-17(27)11-19(22)37-13-21(33)34)25(36)30-20-7-6-16(26)12-29-20/h2-7,10-12H,8-9,13H2,1H3,(H,31,35)(H,33,34)(H,29,30,36). The van der Waals surface area contributed by atoms with Crippen LogP contribution < -0.4 is 15.4 Å². The van der Waals surface area contributed by atoms with Crippen LogP contribution in [0.15, 0.2) is 59.7 Å². The van der Waals surface area contributed by atoms with Crippen LogP contribution in [-0.4, -0.2) is 65.4 Å². The van der Waals surface area contributed by atoms with Crippen molar-refractivity contribution in [1.82, 2.24) is 9.88 Å². The first-order chi connectivity index (χ1) is 17.7. The molecule has 0 bridgehead atoms. The Labute approximate surface area is 221 Å². The largest absolute Gasteiger partial charge is 0.480 e. The molecule has 0 saturated heterocycles. The number of pyridine rings is 1. The summed E-state index contributed by atoms with van der Waals surface area (Å²) in [7, 11) is 1.94. The summed E-state index contributed by atoms with van der Waals surface area (Å²) in [5.41, 5.74) is 1.06. The molecule has 0 aliphatic carbocycles. The number of amides is 2. The number of halogens is 2. The van der Waals surface area contributed by atoms with Gasteiger partial charge in [0.15, 0.2) is 6.61 Å². The van der Waals surface area contributed by atoms with Crippen LogP contribution in [0.5, 0.6) is 5.75 Å². The van der Waals surface area contributed by atoms with E-state index in [1.54, 1.807) is 30.3 Å². The zero-order chi connectivity index (χ0) is 26.5. The highest BCUT2D eigenvalue weighted by Crippen LogP contribution is 2.34. The van der Waals surface area contributed by atoms with Crippen LogP contribution in [-0.2, 0) is 4.79 Å². The van der Waals surface area contributed by atoms with E-state index in [4.69, 9.17) is 33.0 Å². The van der Waals surface area contributed by atoms with E-state index in [1.165, 1.54) is 24.4 Å². The molecule has 190 valence electrons. The Morgan fingerprint density at radius 1 is 1.03 bits per heavy atom. The van der Waals surface area contributed by atoms with Gasteiger partial charge >= 0.3 is 5.97 Å². The van der Waals surface area contributed by atoms with Crippen LogP contribution in [0.4, 0.5) is 11.5 Å². The van der Waals surface area contributed by atoms with E-state index in [2.05, 4.69) is 20.6 Å². The van der Waals surface area contributed by atoms with Crippen molar-refractivity contribution in [3.05, 3.63) is 81.5 Å². The zero-order valence-corrected chi connectivity index (χ0v) is 21.0. The molecule has 12 heteroatoms. The molecule has 1 aliphatic heterocycles. The maximum atomic E-state index is 13.1. The molecular formula is C25H21Cl2N5O5. The molecule has 0 spiro atoms. The minimum Gasteiger partial charge on any atom is -0.480 e. The van der Waals surface area contributed by atoms with Crippen LogP contribution in [0.3, 0.4) is 0 Å². The van der Waals surface area contributed by atoms with Crippen LogP contribution >= 0.6 is 23.2 Å². The SMILES string of the molecule is CN1CCN=C1c1ccc(C(=O)Nc2c(OCC(=O)O)cc(Cl)cc2C(=O)Nc2ccc(Cl)cn2)cc1. The van der Waals surface area contributed by atoms with E-state index in [0.29, 0.717) is 17.1 Å². The van der Waals surface area contributed by atoms with Gasteiger partial charge < -0.3 is 25.4 Å². The molecular weight excluding hydrogens is 521 g/mol. The molecule has 0 saturated carbocycles. The van der Waals surface area contributed by atoms with Crippen molar-refractivity contribution in [3.8, 4) is 5.75 Å². The molecule has 4 rings (SSSR count). The van der Waals surface area contributed by atoms with E-state index in [-0.39, 0.29) is 27.8 Å². The van der Waals surface area contributed by atoms with Crippen molar-refractivity contribution in [3.63, 3.8) is 0 Å². The normalized spacial score (nSPS) is 12.6. The predicted octanol–water partition coefficient (Wildman–Crippen LogP) is 4.05. The molecule has 37 heavy (non-hydrogen) atoms. The molecule has 0 atom stereocenters. The first-order valence-corrected chi connectivity index (χ1v) is 11.8. The van der Waals surface area contributed by atoms with E-state index in [0.717, 1.165) is 17.9 Å². The molecule has 1 aromatic heterocycles. The number of carbonyl (C=O) groups is 3. The molecule has 2 heterocycles. The number of benzene rings is 2. The van der Waals surface area contributed by atoms with Crippen LogP contribution in [0.25, 0.3) is 0 Å². The van der Waals surface area contributed by atoms with Gasteiger partial charge in [0.2, 0.25) is 0 Å². The van der Waals surface area contributed by atoms with Gasteiger partial charge in [-0.3, -0.25) is 14.6 Å². The number of ether oxygens (including phenoxy) is 1. The number of carbonyl (C=O) groups excluding carboxylic acids is 2. The van der Waals surface area contributed by atoms with Gasteiger partial charge in [-0.2, -0.15) is 0 Å². The maximum absolute atomic E-state index is 13.1. The molecule has 10 nitrogen and oxygen atoms in total. The number of amidine groups is 1. The molecule has 0 radical (unpaired) electrons. The Kier molecular flexibility index (Phi) is 7.90. The lowest BCUT2D eigenvalue weighted by Gasteiger charge is -2.17. The summed E-state index contributed by atoms with van der Waals surface area (Å²) >= 11 is 12.0. The van der Waals surface area contributed by atoms with Gasteiger partial charge in [-0.15, -0.1) is 0 Å². The van der Waals surface area contributed by atoms with Crippen LogP contribution in [0.1, 0.15) is 26.3 Å². The number of hydrogen-bond acceptors (Lipinski definition) is 7. The monoisotopic (exact) mass is 541 g/mol. The van der Waals surface area contributed by atoms with Crippen LogP contribution in [0.2, 0.25) is 10.0 Å². The van der Waals surface area contributed by atoms with Crippen molar-refractivity contribution in [1.29, 1.82) is 0 Å². The fourth-order valence-corrected chi connectivity index (χ4v) is 3.90. The number of hydrogen-bond donors (Lipinski definition) is 3. The number of nitrogens with zero attached hydrogens (tertiary/aromatic N) is 3. The summed E-state index contributed by atoms with van der Waals surface area (Å²) in [6, 6.07) is 12.5. The molecule has 1 aliphatic rings. The Balaban J connectivity index is 1.64. The van der Waals surface area contributed by atoms with Gasteiger partial charge in [0.1, 0.15) is 17.4 Å². The number of nitrogens with one attached hydrogen (secondary N) is 2. The lowest BCUT2D eigenvalue weighted by atomic mass is 10.1. The van der Waals surface area contributed by atoms with Crippen molar-refractivity contribution in [2.24, 2.45) is 4.99 Å². The number of aliphatic carboxylic acids is 1. The Morgan fingerprint density at radius 3 is 2.41 bits per heavy atom. The Hall–Kier alpha value is -4.15. The Bertz CT molecular complexity index is 1380. The number of likely N-dealkylation sites (N-methyl/N-ethyl adjacent to an activating group) is 1. The minimum atomic E-state index is -1.25. The number of carboxylic acid groups (broad SMARTS) is 1. The van der Waals surface area contributed by atoms with Crippen molar-refractivity contribution < 1.29 is 24.2 Å². The summed E-state index contributed by atoms with van der Waals surface area (Å²) < 4.78 is 5.34. The quantitative estimate of drug-likeness (QED) is 0.391. The highest BCUT2D eigenvalue weighted by Gasteiger charge is 2.22. The molecule has 2 aromatic carbocycles.